The van der Waals surface area contributed by atoms with Crippen LogP contribution in [-0.4, -0.2) is 11.3 Å². The van der Waals surface area contributed by atoms with Crippen LogP contribution in [0.3, 0.4) is 0 Å². The van der Waals surface area contributed by atoms with E-state index >= 15 is 0 Å². The molecule has 0 bridgehead atoms. The Hall–Kier alpha value is 1.57. The monoisotopic (exact) mass is 562 g/mol. The molecule has 0 aliphatic rings. The van der Waals surface area contributed by atoms with Gasteiger partial charge in [0.05, 0.1) is 0 Å². The topological polar surface area (TPSA) is 0 Å². The summed E-state index contributed by atoms with van der Waals surface area (Å²) in [5.74, 6) is 0. The van der Waals surface area contributed by atoms with Crippen molar-refractivity contribution in [1.82, 2.24) is 0 Å². The molecule has 0 aromatic heterocycles. The maximum absolute atomic E-state index is 5.90. The molecule has 0 aromatic carbocycles. The minimum atomic E-state index is -2.36. The Labute approximate surface area is 213 Å². The predicted octanol–water partition coefficient (Wildman–Crippen LogP) is 12.0. The zero-order chi connectivity index (χ0) is 22.2. The Morgan fingerprint density at radius 2 is 0.533 bits per heavy atom. The van der Waals surface area contributed by atoms with Gasteiger partial charge in [-0.1, -0.05) is 157 Å². The van der Waals surface area contributed by atoms with Gasteiger partial charge in [-0.2, -0.15) is 0 Å². The van der Waals surface area contributed by atoms with Crippen molar-refractivity contribution in [3.8, 4) is 0 Å². The minimum absolute atomic E-state index is 0.829. The average molecular weight is 565 g/mol. The van der Waals surface area contributed by atoms with Gasteiger partial charge in [-0.3, -0.25) is 0 Å². The predicted molar refractivity (Wildman–Crippen MR) is 148 cm³/mol. The quantitative estimate of drug-likeness (QED) is 0.0447. The van der Waals surface area contributed by atoms with E-state index in [-0.39, 0.29) is 0 Å². The van der Waals surface area contributed by atoms with E-state index in [4.69, 9.17) is 33.2 Å². The van der Waals surface area contributed by atoms with Gasteiger partial charge in [0.1, 0.15) is 0 Å². The first-order valence-corrected chi connectivity index (χ1v) is 19.6. The SMILES string of the molecule is Cl[Si](Cl)(Cl)CCCCCCCCCCCCCCCCCCCCCCCCCBr. The van der Waals surface area contributed by atoms with Gasteiger partial charge >= 0.3 is 6.00 Å². The summed E-state index contributed by atoms with van der Waals surface area (Å²) < 4.78 is 0. The number of halogens is 4. The maximum Gasteiger partial charge on any atom is 0.341 e. The Morgan fingerprint density at radius 1 is 0.333 bits per heavy atom. The highest BCUT2D eigenvalue weighted by Gasteiger charge is 2.23. The first-order valence-electron chi connectivity index (χ1n) is 13.2. The lowest BCUT2D eigenvalue weighted by Crippen LogP contribution is -2.07. The Bertz CT molecular complexity index is 324. The van der Waals surface area contributed by atoms with Crippen molar-refractivity contribution >= 4 is 55.2 Å². The largest absolute Gasteiger partial charge is 0.341 e. The van der Waals surface area contributed by atoms with Crippen molar-refractivity contribution < 1.29 is 0 Å². The van der Waals surface area contributed by atoms with Crippen LogP contribution >= 0.6 is 49.2 Å². The molecular weight excluding hydrogens is 515 g/mol. The van der Waals surface area contributed by atoms with Crippen LogP contribution < -0.4 is 0 Å². The summed E-state index contributed by atoms with van der Waals surface area (Å²) in [4.78, 5) is 0. The van der Waals surface area contributed by atoms with Crippen molar-refractivity contribution in [2.24, 2.45) is 0 Å². The van der Waals surface area contributed by atoms with Crippen LogP contribution in [0, 0.1) is 0 Å². The van der Waals surface area contributed by atoms with Gasteiger partial charge in [-0.25, -0.2) is 0 Å². The number of hydrogen-bond donors (Lipinski definition) is 0. The van der Waals surface area contributed by atoms with E-state index in [0.29, 0.717) is 0 Å². The van der Waals surface area contributed by atoms with Crippen molar-refractivity contribution in [3.05, 3.63) is 0 Å². The average Bonchev–Trinajstić information content (AvgIpc) is 2.70. The van der Waals surface area contributed by atoms with Crippen molar-refractivity contribution in [2.75, 3.05) is 5.33 Å². The summed E-state index contributed by atoms with van der Waals surface area (Å²) in [5, 5.41) is 1.18. The molecule has 0 spiro atoms. The summed E-state index contributed by atoms with van der Waals surface area (Å²) >= 11 is 21.2. The molecule has 0 amide bonds. The summed E-state index contributed by atoms with van der Waals surface area (Å²) in [6.45, 7) is 0. The highest BCUT2D eigenvalue weighted by atomic mass is 79.9. The third-order valence-corrected chi connectivity index (χ3v) is 9.28. The first kappa shape index (κ1) is 31.6. The van der Waals surface area contributed by atoms with Gasteiger partial charge in [-0.05, 0) is 12.5 Å². The van der Waals surface area contributed by atoms with Crippen LogP contribution in [0.25, 0.3) is 0 Å². The smallest absolute Gasteiger partial charge is 0.126 e. The molecule has 0 fully saturated rings. The summed E-state index contributed by atoms with van der Waals surface area (Å²) in [6, 6.07) is -1.53. The van der Waals surface area contributed by atoms with E-state index in [2.05, 4.69) is 15.9 Å². The lowest BCUT2D eigenvalue weighted by Gasteiger charge is -2.07. The molecule has 0 rings (SSSR count). The summed E-state index contributed by atoms with van der Waals surface area (Å²) in [5.41, 5.74) is 0. The minimum Gasteiger partial charge on any atom is -0.126 e. The lowest BCUT2D eigenvalue weighted by molar-refractivity contribution is 0.519. The van der Waals surface area contributed by atoms with Gasteiger partial charge in [0.25, 0.3) is 0 Å². The molecular formula is C25H50BrCl3Si. The third-order valence-electron chi connectivity index (χ3n) is 6.09. The van der Waals surface area contributed by atoms with E-state index < -0.39 is 6.00 Å². The Kier molecular flexibility index (Phi) is 26.5. The summed E-state index contributed by atoms with van der Waals surface area (Å²) in [7, 11) is 0. The second-order valence-electron chi connectivity index (χ2n) is 9.19. The Balaban J connectivity index is 3.02. The van der Waals surface area contributed by atoms with Crippen LogP contribution in [0.5, 0.6) is 0 Å². The highest BCUT2D eigenvalue weighted by molar-refractivity contribution is 9.09. The highest BCUT2D eigenvalue weighted by Crippen LogP contribution is 2.27. The van der Waals surface area contributed by atoms with E-state index in [1.54, 1.807) is 0 Å². The Morgan fingerprint density at radius 3 is 0.733 bits per heavy atom. The van der Waals surface area contributed by atoms with Crippen LogP contribution in [-0.2, 0) is 0 Å². The van der Waals surface area contributed by atoms with Crippen LogP contribution in [0.4, 0.5) is 0 Å². The molecule has 0 atom stereocenters. The van der Waals surface area contributed by atoms with Crippen molar-refractivity contribution in [1.29, 1.82) is 0 Å². The van der Waals surface area contributed by atoms with E-state index in [1.165, 1.54) is 147 Å². The van der Waals surface area contributed by atoms with Gasteiger partial charge < -0.3 is 0 Å². The zero-order valence-electron chi connectivity index (χ0n) is 19.7. The maximum atomic E-state index is 5.90. The van der Waals surface area contributed by atoms with Crippen molar-refractivity contribution in [3.63, 3.8) is 0 Å². The van der Waals surface area contributed by atoms with E-state index in [0.717, 1.165) is 12.5 Å². The van der Waals surface area contributed by atoms with Gasteiger partial charge in [0.15, 0.2) is 0 Å². The second-order valence-corrected chi connectivity index (χ2v) is 19.3. The molecule has 0 aliphatic heterocycles. The number of alkyl halides is 1. The molecule has 0 unspecified atom stereocenters. The molecule has 5 heteroatoms. The fourth-order valence-electron chi connectivity index (χ4n) is 4.13. The molecule has 0 saturated carbocycles. The molecule has 30 heavy (non-hydrogen) atoms. The third kappa shape index (κ3) is 29.6. The van der Waals surface area contributed by atoms with E-state index in [1.807, 2.05) is 0 Å². The van der Waals surface area contributed by atoms with E-state index in [9.17, 15) is 0 Å². The van der Waals surface area contributed by atoms with Crippen LogP contribution in [0.2, 0.25) is 6.04 Å². The zero-order valence-corrected chi connectivity index (χ0v) is 24.5. The molecule has 0 saturated heterocycles. The fourth-order valence-corrected chi connectivity index (χ4v) is 6.38. The van der Waals surface area contributed by atoms with Crippen LogP contribution in [0.1, 0.15) is 148 Å². The number of rotatable bonds is 25. The number of hydrogen-bond acceptors (Lipinski definition) is 0. The molecule has 0 radical (unpaired) electrons. The lowest BCUT2D eigenvalue weighted by atomic mass is 10.0. The normalized spacial score (nSPS) is 12.0. The van der Waals surface area contributed by atoms with Crippen LogP contribution in [0.15, 0.2) is 0 Å². The first-order chi connectivity index (χ1) is 14.6. The van der Waals surface area contributed by atoms with Gasteiger partial charge in [0, 0.05) is 5.33 Å². The fraction of sp³-hybridized carbons (Fsp3) is 1.00. The number of unbranched alkanes of at least 4 members (excludes halogenated alkanes) is 22. The molecule has 0 heterocycles. The van der Waals surface area contributed by atoms with Gasteiger partial charge in [0.2, 0.25) is 0 Å². The molecule has 182 valence electrons. The second kappa shape index (κ2) is 25.2. The standard InChI is InChI=1S/C25H50BrCl3Si/c26-24-22-20-18-16-14-12-10-8-6-4-2-1-3-5-7-9-11-13-15-17-19-21-23-25-30(27,28)29/h1-25H2. The molecule has 0 aliphatic carbocycles. The molecule has 0 nitrogen and oxygen atoms in total. The molecule has 0 N–H and O–H groups in total. The van der Waals surface area contributed by atoms with Crippen molar-refractivity contribution in [2.45, 2.75) is 154 Å². The summed E-state index contributed by atoms with van der Waals surface area (Å²) in [6.07, 6.45) is 32.4. The van der Waals surface area contributed by atoms with Gasteiger partial charge in [-0.15, -0.1) is 33.2 Å². The molecule has 0 aromatic rings.